The van der Waals surface area contributed by atoms with Crippen molar-refractivity contribution >= 4 is 11.6 Å². The number of hydrogen-bond donors (Lipinski definition) is 1. The first-order chi connectivity index (χ1) is 14.1. The van der Waals surface area contributed by atoms with Gasteiger partial charge in [0, 0.05) is 17.9 Å². The highest BCUT2D eigenvalue weighted by Gasteiger charge is 2.25. The fourth-order valence-electron chi connectivity index (χ4n) is 4.05. The van der Waals surface area contributed by atoms with Crippen LogP contribution >= 0.6 is 0 Å². The highest BCUT2D eigenvalue weighted by Crippen LogP contribution is 2.26. The third kappa shape index (κ3) is 3.96. The number of hydrogen-bond acceptors (Lipinski definition) is 5. The van der Waals surface area contributed by atoms with Gasteiger partial charge in [0.1, 0.15) is 11.3 Å². The van der Waals surface area contributed by atoms with E-state index in [1.807, 2.05) is 32.0 Å². The maximum absolute atomic E-state index is 13.0. The Hall–Kier alpha value is -2.93. The van der Waals surface area contributed by atoms with Gasteiger partial charge in [0.25, 0.3) is 5.91 Å². The second kappa shape index (κ2) is 8.21. The molecule has 0 spiro atoms. The van der Waals surface area contributed by atoms with E-state index in [9.17, 15) is 4.79 Å². The number of rotatable bonds is 6. The minimum atomic E-state index is -0.143. The van der Waals surface area contributed by atoms with E-state index in [0.29, 0.717) is 17.8 Å². The van der Waals surface area contributed by atoms with Crippen LogP contribution in [0.15, 0.2) is 36.5 Å². The molecule has 1 fully saturated rings. The summed E-state index contributed by atoms with van der Waals surface area (Å²) in [5.74, 6) is 0.691. The van der Waals surface area contributed by atoms with Crippen molar-refractivity contribution in [2.45, 2.75) is 32.7 Å². The number of carbonyl (C=O) groups excluding carboxylic acids is 1. The fraction of sp³-hybridized carbons (Fsp3) is 0.409. The van der Waals surface area contributed by atoms with Gasteiger partial charge in [-0.25, -0.2) is 9.50 Å². The van der Waals surface area contributed by atoms with E-state index in [1.165, 1.54) is 18.4 Å². The monoisotopic (exact) mass is 393 g/mol. The first-order valence-corrected chi connectivity index (χ1v) is 10.0. The molecule has 7 heteroatoms. The molecule has 1 saturated heterocycles. The molecular weight excluding hydrogens is 366 g/mol. The van der Waals surface area contributed by atoms with Crippen LogP contribution in [0.5, 0.6) is 5.75 Å². The van der Waals surface area contributed by atoms with Gasteiger partial charge in [-0.1, -0.05) is 12.1 Å². The Bertz CT molecular complexity index is 1010. The lowest BCUT2D eigenvalue weighted by molar-refractivity contribution is 0.0939. The molecule has 3 heterocycles. The molecule has 4 rings (SSSR count). The van der Waals surface area contributed by atoms with Gasteiger partial charge in [-0.2, -0.15) is 5.10 Å². The van der Waals surface area contributed by atoms with Crippen molar-refractivity contribution in [3.63, 3.8) is 0 Å². The van der Waals surface area contributed by atoms with Gasteiger partial charge in [-0.05, 0) is 63.5 Å². The van der Waals surface area contributed by atoms with Crippen LogP contribution in [0.2, 0.25) is 0 Å². The molecule has 3 aromatic rings. The molecule has 152 valence electrons. The van der Waals surface area contributed by atoms with Crippen molar-refractivity contribution in [1.82, 2.24) is 24.8 Å². The van der Waals surface area contributed by atoms with Crippen molar-refractivity contribution < 1.29 is 9.53 Å². The minimum absolute atomic E-state index is 0.130. The molecule has 29 heavy (non-hydrogen) atoms. The summed E-state index contributed by atoms with van der Waals surface area (Å²) in [4.78, 5) is 19.9. The van der Waals surface area contributed by atoms with E-state index in [0.717, 1.165) is 30.2 Å². The van der Waals surface area contributed by atoms with Gasteiger partial charge in [-0.15, -0.1) is 0 Å². The molecule has 0 bridgehead atoms. The number of carbonyl (C=O) groups is 1. The van der Waals surface area contributed by atoms with Crippen LogP contribution in [0, 0.1) is 13.8 Å². The molecule has 1 aromatic carbocycles. The Labute approximate surface area is 170 Å². The average Bonchev–Trinajstić information content (AvgIpc) is 3.39. The summed E-state index contributed by atoms with van der Waals surface area (Å²) in [6.07, 6.45) is 3.98. The number of ether oxygens (including phenoxy) is 1. The van der Waals surface area contributed by atoms with Gasteiger partial charge in [0.2, 0.25) is 0 Å². The Morgan fingerprint density at radius 1 is 1.21 bits per heavy atom. The quantitative estimate of drug-likeness (QED) is 0.697. The van der Waals surface area contributed by atoms with E-state index < -0.39 is 0 Å². The molecule has 1 unspecified atom stereocenters. The van der Waals surface area contributed by atoms with Crippen molar-refractivity contribution in [3.05, 3.63) is 59.0 Å². The molecule has 0 aliphatic carbocycles. The van der Waals surface area contributed by atoms with Gasteiger partial charge in [0.15, 0.2) is 5.65 Å². The summed E-state index contributed by atoms with van der Waals surface area (Å²) >= 11 is 0. The van der Waals surface area contributed by atoms with Crippen molar-refractivity contribution in [1.29, 1.82) is 0 Å². The van der Waals surface area contributed by atoms with Crippen LogP contribution in [0.1, 0.15) is 46.2 Å². The number of fused-ring (bicyclic) bond motifs is 1. The zero-order valence-electron chi connectivity index (χ0n) is 17.2. The summed E-state index contributed by atoms with van der Waals surface area (Å²) in [5, 5.41) is 7.45. The summed E-state index contributed by atoms with van der Waals surface area (Å²) < 4.78 is 6.99. The number of aryl methyl sites for hydroxylation is 2. The summed E-state index contributed by atoms with van der Waals surface area (Å²) in [7, 11) is 1.67. The Kier molecular flexibility index (Phi) is 5.49. The number of methoxy groups -OCH3 is 1. The average molecular weight is 393 g/mol. The Morgan fingerprint density at radius 3 is 2.62 bits per heavy atom. The third-order valence-corrected chi connectivity index (χ3v) is 5.56. The van der Waals surface area contributed by atoms with E-state index in [1.54, 1.807) is 17.8 Å². The zero-order valence-corrected chi connectivity index (χ0v) is 17.2. The van der Waals surface area contributed by atoms with Crippen LogP contribution in [0.25, 0.3) is 5.65 Å². The van der Waals surface area contributed by atoms with Crippen LogP contribution in [-0.4, -0.2) is 52.1 Å². The van der Waals surface area contributed by atoms with Crippen LogP contribution in [-0.2, 0) is 0 Å². The molecule has 1 atom stereocenters. The number of nitrogens with one attached hydrogen (secondary N) is 1. The summed E-state index contributed by atoms with van der Waals surface area (Å²) in [6, 6.07) is 10.2. The largest absolute Gasteiger partial charge is 0.497 e. The van der Waals surface area contributed by atoms with Crippen LogP contribution in [0.3, 0.4) is 0 Å². The van der Waals surface area contributed by atoms with Crippen molar-refractivity contribution in [3.8, 4) is 5.75 Å². The van der Waals surface area contributed by atoms with Gasteiger partial charge < -0.3 is 10.1 Å². The first kappa shape index (κ1) is 19.4. The topological polar surface area (TPSA) is 71.8 Å². The second-order valence-corrected chi connectivity index (χ2v) is 7.57. The molecule has 1 aliphatic heterocycles. The van der Waals surface area contributed by atoms with Gasteiger partial charge in [0.05, 0.1) is 19.3 Å². The summed E-state index contributed by atoms with van der Waals surface area (Å²) in [5.41, 5.74) is 4.11. The normalized spacial score (nSPS) is 15.6. The van der Waals surface area contributed by atoms with Gasteiger partial charge in [-0.3, -0.25) is 9.69 Å². The van der Waals surface area contributed by atoms with Crippen molar-refractivity contribution in [2.24, 2.45) is 0 Å². The summed E-state index contributed by atoms with van der Waals surface area (Å²) in [6.45, 7) is 6.51. The highest BCUT2D eigenvalue weighted by atomic mass is 16.5. The van der Waals surface area contributed by atoms with E-state index in [4.69, 9.17) is 4.74 Å². The highest BCUT2D eigenvalue weighted by molar-refractivity contribution is 5.99. The van der Waals surface area contributed by atoms with Gasteiger partial charge >= 0.3 is 0 Å². The lowest BCUT2D eigenvalue weighted by Crippen LogP contribution is -2.36. The second-order valence-electron chi connectivity index (χ2n) is 7.57. The maximum atomic E-state index is 13.0. The number of aromatic nitrogens is 3. The van der Waals surface area contributed by atoms with E-state index in [2.05, 4.69) is 32.4 Å². The number of benzene rings is 1. The third-order valence-electron chi connectivity index (χ3n) is 5.56. The fourth-order valence-corrected chi connectivity index (χ4v) is 4.05. The SMILES string of the molecule is COc1ccc(C(CNC(=O)c2cnn3c(C)cc(C)nc23)N2CCCC2)cc1. The standard InChI is InChI=1S/C22H27N5O2/c1-15-12-16(2)27-21(25-15)19(13-24-27)22(28)23-14-20(26-10-4-5-11-26)17-6-8-18(29-3)9-7-17/h6-9,12-13,20H,4-5,10-11,14H2,1-3H3,(H,23,28). The first-order valence-electron chi connectivity index (χ1n) is 10.0. The molecule has 0 saturated carbocycles. The van der Waals surface area contributed by atoms with Crippen LogP contribution in [0.4, 0.5) is 0 Å². The number of nitrogens with zero attached hydrogens (tertiary/aromatic N) is 4. The molecule has 1 amide bonds. The lowest BCUT2D eigenvalue weighted by atomic mass is 10.0. The minimum Gasteiger partial charge on any atom is -0.497 e. The molecule has 1 aliphatic rings. The molecule has 1 N–H and O–H groups in total. The maximum Gasteiger partial charge on any atom is 0.256 e. The Balaban J connectivity index is 1.54. The zero-order chi connectivity index (χ0) is 20.4. The molecule has 0 radical (unpaired) electrons. The Morgan fingerprint density at radius 2 is 1.93 bits per heavy atom. The molecule has 7 nitrogen and oxygen atoms in total. The van der Waals surface area contributed by atoms with Crippen molar-refractivity contribution in [2.75, 3.05) is 26.7 Å². The predicted molar refractivity (Wildman–Crippen MR) is 111 cm³/mol. The predicted octanol–water partition coefficient (Wildman–Crippen LogP) is 2.92. The smallest absolute Gasteiger partial charge is 0.256 e. The van der Waals surface area contributed by atoms with Crippen LogP contribution < -0.4 is 10.1 Å². The van der Waals surface area contributed by atoms with E-state index >= 15 is 0 Å². The molecule has 2 aromatic heterocycles. The number of likely N-dealkylation sites (tertiary alicyclic amines) is 1. The lowest BCUT2D eigenvalue weighted by Gasteiger charge is -2.28. The number of amides is 1. The van der Waals surface area contributed by atoms with E-state index in [-0.39, 0.29) is 11.9 Å². The molecular formula is C22H27N5O2.